The smallest absolute Gasteiger partial charge is 0.108 e. The number of para-hydroxylation sites is 1. The second-order valence-electron chi connectivity index (χ2n) is 3.82. The maximum absolute atomic E-state index is 5.87. The SMILES string of the molecule is CC(Cl)CCNCc1nc2ccccc2s1. The number of nitrogens with one attached hydrogen (secondary N) is 1. The van der Waals surface area contributed by atoms with Crippen molar-refractivity contribution >= 4 is 33.2 Å². The van der Waals surface area contributed by atoms with Gasteiger partial charge in [0.05, 0.1) is 10.2 Å². The summed E-state index contributed by atoms with van der Waals surface area (Å²) in [5, 5.41) is 4.74. The first-order valence-corrected chi connectivity index (χ1v) is 6.70. The van der Waals surface area contributed by atoms with Gasteiger partial charge in [-0.15, -0.1) is 22.9 Å². The molecule has 4 heteroatoms. The molecule has 0 aliphatic carbocycles. The second-order valence-corrected chi connectivity index (χ2v) is 5.68. The fourth-order valence-corrected chi connectivity index (χ4v) is 2.54. The molecule has 0 aliphatic heterocycles. The lowest BCUT2D eigenvalue weighted by molar-refractivity contribution is 0.643. The topological polar surface area (TPSA) is 24.9 Å². The van der Waals surface area contributed by atoms with Gasteiger partial charge < -0.3 is 5.32 Å². The lowest BCUT2D eigenvalue weighted by Gasteiger charge is -2.03. The van der Waals surface area contributed by atoms with Crippen LogP contribution in [-0.4, -0.2) is 16.9 Å². The highest BCUT2D eigenvalue weighted by atomic mass is 35.5. The molecular formula is C12H15ClN2S. The van der Waals surface area contributed by atoms with Crippen molar-refractivity contribution in [3.05, 3.63) is 29.3 Å². The molecule has 86 valence electrons. The number of alkyl halides is 1. The lowest BCUT2D eigenvalue weighted by Crippen LogP contribution is -2.16. The Morgan fingerprint density at radius 1 is 1.44 bits per heavy atom. The number of nitrogens with zero attached hydrogens (tertiary/aromatic N) is 1. The molecule has 2 aromatic rings. The van der Waals surface area contributed by atoms with Crippen molar-refractivity contribution in [1.82, 2.24) is 10.3 Å². The minimum Gasteiger partial charge on any atom is -0.310 e. The van der Waals surface area contributed by atoms with Crippen LogP contribution in [-0.2, 0) is 6.54 Å². The van der Waals surface area contributed by atoms with E-state index < -0.39 is 0 Å². The summed E-state index contributed by atoms with van der Waals surface area (Å²) in [6, 6.07) is 8.23. The molecule has 1 atom stereocenters. The molecule has 1 heterocycles. The van der Waals surface area contributed by atoms with Gasteiger partial charge >= 0.3 is 0 Å². The van der Waals surface area contributed by atoms with Crippen LogP contribution in [0.3, 0.4) is 0 Å². The molecule has 0 saturated heterocycles. The third-order valence-electron chi connectivity index (χ3n) is 2.33. The molecule has 1 aromatic carbocycles. The second kappa shape index (κ2) is 5.62. The zero-order chi connectivity index (χ0) is 11.4. The summed E-state index contributed by atoms with van der Waals surface area (Å²) in [6.07, 6.45) is 0.993. The molecule has 0 amide bonds. The van der Waals surface area contributed by atoms with E-state index in [0.717, 1.165) is 30.0 Å². The maximum Gasteiger partial charge on any atom is 0.108 e. The van der Waals surface area contributed by atoms with E-state index >= 15 is 0 Å². The van der Waals surface area contributed by atoms with Crippen molar-refractivity contribution in [3.8, 4) is 0 Å². The maximum atomic E-state index is 5.87. The van der Waals surface area contributed by atoms with Gasteiger partial charge in [0.25, 0.3) is 0 Å². The summed E-state index contributed by atoms with van der Waals surface area (Å²) in [4.78, 5) is 4.55. The third-order valence-corrected chi connectivity index (χ3v) is 3.59. The Hall–Kier alpha value is -0.640. The summed E-state index contributed by atoms with van der Waals surface area (Å²) in [7, 11) is 0. The molecule has 1 unspecified atom stereocenters. The van der Waals surface area contributed by atoms with Crippen molar-refractivity contribution in [2.24, 2.45) is 0 Å². The lowest BCUT2D eigenvalue weighted by atomic mass is 10.3. The third kappa shape index (κ3) is 3.17. The van der Waals surface area contributed by atoms with Gasteiger partial charge in [0, 0.05) is 11.9 Å². The van der Waals surface area contributed by atoms with E-state index in [-0.39, 0.29) is 5.38 Å². The van der Waals surface area contributed by atoms with Crippen molar-refractivity contribution < 1.29 is 0 Å². The van der Waals surface area contributed by atoms with Crippen molar-refractivity contribution in [1.29, 1.82) is 0 Å². The van der Waals surface area contributed by atoms with Crippen LogP contribution in [0, 0.1) is 0 Å². The van der Waals surface area contributed by atoms with Gasteiger partial charge in [-0.25, -0.2) is 4.98 Å². The first kappa shape index (κ1) is 11.8. The van der Waals surface area contributed by atoms with Crippen molar-refractivity contribution in [2.45, 2.75) is 25.3 Å². The number of aromatic nitrogens is 1. The average Bonchev–Trinajstić information content (AvgIpc) is 2.66. The normalized spacial score (nSPS) is 13.1. The molecule has 0 radical (unpaired) electrons. The Bertz CT molecular complexity index is 420. The van der Waals surface area contributed by atoms with Crippen LogP contribution < -0.4 is 5.32 Å². The Labute approximate surface area is 105 Å². The summed E-state index contributed by atoms with van der Waals surface area (Å²) < 4.78 is 1.25. The number of thiazole rings is 1. The Balaban J connectivity index is 1.89. The Morgan fingerprint density at radius 2 is 2.25 bits per heavy atom. The van der Waals surface area contributed by atoms with Gasteiger partial charge in [0.1, 0.15) is 5.01 Å². The molecule has 16 heavy (non-hydrogen) atoms. The Kier molecular flexibility index (Phi) is 4.16. The van der Waals surface area contributed by atoms with Gasteiger partial charge in [-0.05, 0) is 32.0 Å². The molecule has 2 nitrogen and oxygen atoms in total. The minimum atomic E-state index is 0.239. The zero-order valence-corrected chi connectivity index (χ0v) is 10.8. The predicted molar refractivity (Wildman–Crippen MR) is 71.3 cm³/mol. The van der Waals surface area contributed by atoms with Crippen molar-refractivity contribution in [3.63, 3.8) is 0 Å². The summed E-state index contributed by atoms with van der Waals surface area (Å²) in [5.74, 6) is 0. The molecule has 1 aromatic heterocycles. The van der Waals surface area contributed by atoms with Gasteiger partial charge in [-0.1, -0.05) is 12.1 Å². The molecular weight excluding hydrogens is 240 g/mol. The number of benzene rings is 1. The van der Waals surface area contributed by atoms with Crippen LogP contribution in [0.5, 0.6) is 0 Å². The molecule has 0 fully saturated rings. The number of hydrogen-bond donors (Lipinski definition) is 1. The van der Waals surface area contributed by atoms with Crippen LogP contribution in [0.25, 0.3) is 10.2 Å². The van der Waals surface area contributed by atoms with E-state index in [2.05, 4.69) is 22.4 Å². The highest BCUT2D eigenvalue weighted by molar-refractivity contribution is 7.18. The van der Waals surface area contributed by atoms with E-state index in [0.29, 0.717) is 0 Å². The highest BCUT2D eigenvalue weighted by Crippen LogP contribution is 2.21. The molecule has 0 bridgehead atoms. The molecule has 2 rings (SSSR count). The predicted octanol–water partition coefficient (Wildman–Crippen LogP) is 3.40. The van der Waals surface area contributed by atoms with Gasteiger partial charge in [0.15, 0.2) is 0 Å². The summed E-state index contributed by atoms with van der Waals surface area (Å²) in [6.45, 7) is 3.80. The standard InChI is InChI=1S/C12H15ClN2S/c1-9(13)6-7-14-8-12-15-10-4-2-3-5-11(10)16-12/h2-5,9,14H,6-8H2,1H3. The van der Waals surface area contributed by atoms with E-state index in [9.17, 15) is 0 Å². The zero-order valence-electron chi connectivity index (χ0n) is 9.24. The quantitative estimate of drug-likeness (QED) is 0.654. The fourth-order valence-electron chi connectivity index (χ4n) is 1.49. The molecule has 0 aliphatic rings. The van der Waals surface area contributed by atoms with Crippen LogP contribution in [0.4, 0.5) is 0 Å². The first-order valence-electron chi connectivity index (χ1n) is 5.45. The summed E-state index contributed by atoms with van der Waals surface area (Å²) >= 11 is 7.62. The van der Waals surface area contributed by atoms with Gasteiger partial charge in [-0.2, -0.15) is 0 Å². The van der Waals surface area contributed by atoms with Crippen molar-refractivity contribution in [2.75, 3.05) is 6.54 Å². The van der Waals surface area contributed by atoms with Crippen LogP contribution >= 0.6 is 22.9 Å². The first-order chi connectivity index (χ1) is 7.75. The number of rotatable bonds is 5. The van der Waals surface area contributed by atoms with Crippen LogP contribution in [0.15, 0.2) is 24.3 Å². The number of hydrogen-bond acceptors (Lipinski definition) is 3. The molecule has 1 N–H and O–H groups in total. The average molecular weight is 255 g/mol. The van der Waals surface area contributed by atoms with E-state index in [1.165, 1.54) is 4.70 Å². The summed E-state index contributed by atoms with van der Waals surface area (Å²) in [5.41, 5.74) is 1.09. The van der Waals surface area contributed by atoms with Crippen LogP contribution in [0.1, 0.15) is 18.4 Å². The fraction of sp³-hybridized carbons (Fsp3) is 0.417. The highest BCUT2D eigenvalue weighted by Gasteiger charge is 2.02. The van der Waals surface area contributed by atoms with E-state index in [4.69, 9.17) is 11.6 Å². The molecule has 0 spiro atoms. The number of fused-ring (bicyclic) bond motifs is 1. The monoisotopic (exact) mass is 254 g/mol. The van der Waals surface area contributed by atoms with Gasteiger partial charge in [0.2, 0.25) is 0 Å². The Morgan fingerprint density at radius 3 is 3.00 bits per heavy atom. The minimum absolute atomic E-state index is 0.239. The molecule has 0 saturated carbocycles. The van der Waals surface area contributed by atoms with Gasteiger partial charge in [-0.3, -0.25) is 0 Å². The van der Waals surface area contributed by atoms with E-state index in [1.54, 1.807) is 11.3 Å². The van der Waals surface area contributed by atoms with E-state index in [1.807, 2.05) is 19.1 Å². The largest absolute Gasteiger partial charge is 0.310 e. The van der Waals surface area contributed by atoms with Crippen LogP contribution in [0.2, 0.25) is 0 Å². The number of halogens is 1.